The number of aromatic nitrogens is 1. The van der Waals surface area contributed by atoms with Crippen LogP contribution < -0.4 is 14.9 Å². The number of nitrogens with zero attached hydrogens (tertiary/aromatic N) is 2. The van der Waals surface area contributed by atoms with Gasteiger partial charge in [0.1, 0.15) is 5.75 Å². The summed E-state index contributed by atoms with van der Waals surface area (Å²) >= 11 is 4.93. The van der Waals surface area contributed by atoms with Gasteiger partial charge in [-0.15, -0.1) is 0 Å². The number of phenols is 1. The number of rotatable bonds is 2. The smallest absolute Gasteiger partial charge is 0.271 e. The summed E-state index contributed by atoms with van der Waals surface area (Å²) in [7, 11) is 0. The molecule has 3 aromatic carbocycles. The van der Waals surface area contributed by atoms with Crippen LogP contribution in [-0.2, 0) is 6.42 Å². The van der Waals surface area contributed by atoms with Gasteiger partial charge in [-0.25, -0.2) is 4.99 Å². The number of hydrogen-bond acceptors (Lipinski definition) is 4. The molecule has 0 amide bonds. The van der Waals surface area contributed by atoms with Crippen molar-refractivity contribution in [3.05, 3.63) is 125 Å². The first kappa shape index (κ1) is 20.4. The predicted octanol–water partition coefficient (Wildman–Crippen LogP) is 4.79. The van der Waals surface area contributed by atoms with Crippen molar-refractivity contribution < 1.29 is 5.11 Å². The second kappa shape index (κ2) is 7.97. The molecule has 6 heteroatoms. The highest BCUT2D eigenvalue weighted by molar-refractivity contribution is 9.10. The lowest BCUT2D eigenvalue weighted by molar-refractivity contribution is 0.475. The number of fused-ring (bicyclic) bond motifs is 3. The highest BCUT2D eigenvalue weighted by atomic mass is 79.9. The third kappa shape index (κ3) is 3.50. The maximum absolute atomic E-state index is 13.7. The Kier molecular flexibility index (Phi) is 4.93. The molecule has 0 spiro atoms. The van der Waals surface area contributed by atoms with E-state index in [1.54, 1.807) is 18.2 Å². The van der Waals surface area contributed by atoms with Gasteiger partial charge in [0.2, 0.25) is 0 Å². The van der Waals surface area contributed by atoms with Crippen LogP contribution in [0.4, 0.5) is 0 Å². The third-order valence-electron chi connectivity index (χ3n) is 6.23. The second-order valence-corrected chi connectivity index (χ2v) is 10.2. The van der Waals surface area contributed by atoms with Crippen molar-refractivity contribution in [2.24, 2.45) is 4.99 Å². The summed E-state index contributed by atoms with van der Waals surface area (Å²) in [4.78, 5) is 19.4. The molecule has 2 heterocycles. The number of allylic oxidation sites excluding steroid dienone is 1. The van der Waals surface area contributed by atoms with E-state index in [4.69, 9.17) is 4.99 Å². The normalized spacial score (nSPS) is 17.2. The fourth-order valence-corrected chi connectivity index (χ4v) is 6.00. The molecule has 4 aromatic rings. The van der Waals surface area contributed by atoms with E-state index >= 15 is 0 Å². The zero-order valence-electron chi connectivity index (χ0n) is 17.5. The number of hydrogen-bond donors (Lipinski definition) is 1. The maximum atomic E-state index is 13.7. The van der Waals surface area contributed by atoms with Gasteiger partial charge in [0.15, 0.2) is 4.80 Å². The Labute approximate surface area is 202 Å². The largest absolute Gasteiger partial charge is 0.508 e. The quantitative estimate of drug-likeness (QED) is 0.418. The summed E-state index contributed by atoms with van der Waals surface area (Å²) in [6.07, 6.45) is 3.64. The number of halogens is 1. The molecule has 0 fully saturated rings. The zero-order valence-corrected chi connectivity index (χ0v) is 19.9. The van der Waals surface area contributed by atoms with Gasteiger partial charge in [-0.3, -0.25) is 9.36 Å². The second-order valence-electron chi connectivity index (χ2n) is 8.26. The molecule has 0 unspecified atom stereocenters. The lowest BCUT2D eigenvalue weighted by Crippen LogP contribution is -2.38. The molecule has 1 aliphatic carbocycles. The van der Waals surface area contributed by atoms with Gasteiger partial charge in [0.05, 0.1) is 16.3 Å². The van der Waals surface area contributed by atoms with E-state index in [0.29, 0.717) is 9.33 Å². The molecule has 1 aromatic heterocycles. The first-order valence-corrected chi connectivity index (χ1v) is 12.4. The number of aromatic hydroxyl groups is 1. The molecule has 0 bridgehead atoms. The summed E-state index contributed by atoms with van der Waals surface area (Å²) in [6.45, 7) is 0. The highest BCUT2D eigenvalue weighted by Gasteiger charge is 2.32. The third-order valence-corrected chi connectivity index (χ3v) is 7.74. The number of phenolic OH excluding ortho intramolecular Hbond substituents is 1. The molecule has 0 saturated carbocycles. The standard InChI is InChI=1S/C27H19BrN2O2S/c28-19-11-8-18(9-12-19)25-22-13-10-17-5-1-2-7-21(17)24(22)29-27-30(25)26(32)23(33-27)15-16-4-3-6-20(31)14-16/h1-9,11-12,14-15,25,31H,10,13H2/b23-15+/t25-/m0/s1. The molecular formula is C27H19BrN2O2S. The van der Waals surface area contributed by atoms with Gasteiger partial charge in [-0.1, -0.05) is 75.8 Å². The Morgan fingerprint density at radius 3 is 2.67 bits per heavy atom. The van der Waals surface area contributed by atoms with Crippen molar-refractivity contribution >= 4 is 39.0 Å². The Bertz CT molecular complexity index is 1610. The molecule has 162 valence electrons. The number of thiazole rings is 1. The summed E-state index contributed by atoms with van der Waals surface area (Å²) < 4.78 is 3.45. The van der Waals surface area contributed by atoms with Crippen LogP contribution in [0.1, 0.15) is 34.7 Å². The molecule has 1 atom stereocenters. The number of benzene rings is 3. The lowest BCUT2D eigenvalue weighted by atomic mass is 9.83. The molecule has 1 aliphatic heterocycles. The van der Waals surface area contributed by atoms with E-state index < -0.39 is 0 Å². The van der Waals surface area contributed by atoms with Gasteiger partial charge in [0, 0.05) is 10.0 Å². The molecule has 6 rings (SSSR count). The van der Waals surface area contributed by atoms with Crippen LogP contribution in [0.25, 0.3) is 11.8 Å². The van der Waals surface area contributed by atoms with Crippen LogP contribution in [0.3, 0.4) is 0 Å². The monoisotopic (exact) mass is 514 g/mol. The minimum Gasteiger partial charge on any atom is -0.508 e. The van der Waals surface area contributed by atoms with Crippen molar-refractivity contribution in [2.75, 3.05) is 0 Å². The summed E-state index contributed by atoms with van der Waals surface area (Å²) in [6, 6.07) is 23.4. The summed E-state index contributed by atoms with van der Waals surface area (Å²) in [5.41, 5.74) is 6.45. The van der Waals surface area contributed by atoms with Crippen molar-refractivity contribution in [3.8, 4) is 5.75 Å². The van der Waals surface area contributed by atoms with Crippen molar-refractivity contribution in [1.82, 2.24) is 4.57 Å². The molecule has 0 radical (unpaired) electrons. The van der Waals surface area contributed by atoms with E-state index in [9.17, 15) is 9.90 Å². The molecule has 33 heavy (non-hydrogen) atoms. The van der Waals surface area contributed by atoms with E-state index in [0.717, 1.165) is 39.7 Å². The van der Waals surface area contributed by atoms with Gasteiger partial charge in [-0.2, -0.15) is 0 Å². The van der Waals surface area contributed by atoms with E-state index in [1.165, 1.54) is 22.5 Å². The van der Waals surface area contributed by atoms with Crippen molar-refractivity contribution in [3.63, 3.8) is 0 Å². The maximum Gasteiger partial charge on any atom is 0.271 e. The van der Waals surface area contributed by atoms with Crippen LogP contribution >= 0.6 is 27.3 Å². The van der Waals surface area contributed by atoms with Gasteiger partial charge in [0.25, 0.3) is 5.56 Å². The fraction of sp³-hybridized carbons (Fsp3) is 0.111. The number of aryl methyl sites for hydroxylation is 1. The van der Waals surface area contributed by atoms with Gasteiger partial charge in [-0.05, 0) is 65.4 Å². The fourth-order valence-electron chi connectivity index (χ4n) is 4.73. The predicted molar refractivity (Wildman–Crippen MR) is 135 cm³/mol. The molecular weight excluding hydrogens is 496 g/mol. The van der Waals surface area contributed by atoms with Crippen molar-refractivity contribution in [1.29, 1.82) is 0 Å². The lowest BCUT2D eigenvalue weighted by Gasteiger charge is -2.30. The van der Waals surface area contributed by atoms with Crippen LogP contribution in [0.2, 0.25) is 0 Å². The summed E-state index contributed by atoms with van der Waals surface area (Å²) in [5.74, 6) is 0.177. The molecule has 0 saturated heterocycles. The average molecular weight is 515 g/mol. The minimum atomic E-state index is -0.191. The Morgan fingerprint density at radius 2 is 1.85 bits per heavy atom. The first-order chi connectivity index (χ1) is 16.1. The SMILES string of the molecule is O=c1/c(=C\c2cccc(O)c2)sc2n1[C@@H](c1ccc(Br)cc1)C1=C(N=2)c2ccccc2CC1. The first-order valence-electron chi connectivity index (χ1n) is 10.8. The van der Waals surface area contributed by atoms with Crippen LogP contribution in [0.15, 0.2) is 92.6 Å². The van der Waals surface area contributed by atoms with E-state index in [-0.39, 0.29) is 17.4 Å². The van der Waals surface area contributed by atoms with E-state index in [1.807, 2.05) is 28.8 Å². The van der Waals surface area contributed by atoms with E-state index in [2.05, 4.69) is 52.3 Å². The zero-order chi connectivity index (χ0) is 22.5. The van der Waals surface area contributed by atoms with Crippen molar-refractivity contribution in [2.45, 2.75) is 18.9 Å². The molecule has 1 N–H and O–H groups in total. The average Bonchev–Trinajstić information content (AvgIpc) is 3.13. The van der Waals surface area contributed by atoms with Gasteiger partial charge >= 0.3 is 0 Å². The van der Waals surface area contributed by atoms with Gasteiger partial charge < -0.3 is 5.11 Å². The van der Waals surface area contributed by atoms with Crippen LogP contribution in [0, 0.1) is 0 Å². The topological polar surface area (TPSA) is 54.6 Å². The minimum absolute atomic E-state index is 0.0552. The Morgan fingerprint density at radius 1 is 1.03 bits per heavy atom. The van der Waals surface area contributed by atoms with Crippen LogP contribution in [0.5, 0.6) is 5.75 Å². The van der Waals surface area contributed by atoms with Crippen LogP contribution in [-0.4, -0.2) is 9.67 Å². The Hall–Kier alpha value is -3.22. The molecule has 2 aliphatic rings. The Balaban J connectivity index is 1.63. The molecule has 4 nitrogen and oxygen atoms in total. The highest BCUT2D eigenvalue weighted by Crippen LogP contribution is 2.41. The summed E-state index contributed by atoms with van der Waals surface area (Å²) in [5, 5.41) is 9.84.